The number of nitrogens with one attached hydrogen (secondary N) is 1. The molecule has 0 saturated carbocycles. The van der Waals surface area contributed by atoms with Gasteiger partial charge in [-0.3, -0.25) is 9.59 Å². The number of carbonyl (C=O) groups is 2. The maximum Gasteiger partial charge on any atom is 0.275 e. The summed E-state index contributed by atoms with van der Waals surface area (Å²) in [6.07, 6.45) is 0.655. The molecule has 0 bridgehead atoms. The number of ether oxygens (including phenoxy) is 1. The molecule has 1 heterocycles. The predicted octanol–water partition coefficient (Wildman–Crippen LogP) is 2.57. The summed E-state index contributed by atoms with van der Waals surface area (Å²) >= 11 is 1.42. The summed E-state index contributed by atoms with van der Waals surface area (Å²) in [7, 11) is 0. The molecule has 2 rings (SSSR count). The van der Waals surface area contributed by atoms with Crippen molar-refractivity contribution in [2.45, 2.75) is 20.3 Å². The number of halogens is 1. The molecule has 9 heteroatoms. The zero-order chi connectivity index (χ0) is 18.9. The monoisotopic (exact) mass is 412 g/mol. The molecule has 0 aliphatic rings. The molecule has 0 atom stereocenters. The summed E-state index contributed by atoms with van der Waals surface area (Å²) in [6.45, 7) is 5.61. The maximum atomic E-state index is 12.3. The standard InChI is InChI=1S/C18H24N4O3S.ClH/c1-3-22(4-2)17(23)11-25-14-7-5-6-13(10-14)20-18(24)15-12-26-16(21-15)8-9-19;/h5-7,10,12H,3-4,8-9,11,19H2,1-2H3,(H,20,24);1H. The number of amides is 2. The molecule has 0 spiro atoms. The Morgan fingerprint density at radius 3 is 2.70 bits per heavy atom. The zero-order valence-electron chi connectivity index (χ0n) is 15.4. The van der Waals surface area contributed by atoms with Crippen LogP contribution in [0.5, 0.6) is 5.75 Å². The fourth-order valence-corrected chi connectivity index (χ4v) is 3.12. The number of hydrogen-bond acceptors (Lipinski definition) is 6. The van der Waals surface area contributed by atoms with Crippen molar-refractivity contribution in [1.82, 2.24) is 9.88 Å². The van der Waals surface area contributed by atoms with Crippen molar-refractivity contribution in [3.8, 4) is 5.75 Å². The highest BCUT2D eigenvalue weighted by atomic mass is 35.5. The summed E-state index contributed by atoms with van der Waals surface area (Å²) in [5, 5.41) is 5.33. The number of nitrogens with two attached hydrogens (primary N) is 1. The van der Waals surface area contributed by atoms with Crippen molar-refractivity contribution in [1.29, 1.82) is 0 Å². The molecule has 1 aromatic carbocycles. The fourth-order valence-electron chi connectivity index (χ4n) is 2.32. The number of hydrogen-bond donors (Lipinski definition) is 2. The summed E-state index contributed by atoms with van der Waals surface area (Å²) in [5.74, 6) is 0.158. The van der Waals surface area contributed by atoms with E-state index in [0.29, 0.717) is 43.2 Å². The summed E-state index contributed by atoms with van der Waals surface area (Å²) in [6, 6.07) is 6.94. The van der Waals surface area contributed by atoms with E-state index in [9.17, 15) is 9.59 Å². The second-order valence-electron chi connectivity index (χ2n) is 5.50. The van der Waals surface area contributed by atoms with Gasteiger partial charge >= 0.3 is 0 Å². The van der Waals surface area contributed by atoms with E-state index in [2.05, 4.69) is 10.3 Å². The van der Waals surface area contributed by atoms with Crippen molar-refractivity contribution in [3.05, 3.63) is 40.3 Å². The van der Waals surface area contributed by atoms with Crippen molar-refractivity contribution in [2.75, 3.05) is 31.6 Å². The lowest BCUT2D eigenvalue weighted by atomic mass is 10.3. The van der Waals surface area contributed by atoms with Crippen molar-refractivity contribution in [3.63, 3.8) is 0 Å². The Bertz CT molecular complexity index is 750. The molecule has 7 nitrogen and oxygen atoms in total. The van der Waals surface area contributed by atoms with Crippen LogP contribution < -0.4 is 15.8 Å². The van der Waals surface area contributed by atoms with Crippen molar-refractivity contribution in [2.24, 2.45) is 5.73 Å². The van der Waals surface area contributed by atoms with E-state index in [0.717, 1.165) is 5.01 Å². The molecule has 148 valence electrons. The van der Waals surface area contributed by atoms with E-state index < -0.39 is 0 Å². The highest BCUT2D eigenvalue weighted by Crippen LogP contribution is 2.19. The lowest BCUT2D eigenvalue weighted by Gasteiger charge is -2.18. The third-order valence-electron chi connectivity index (χ3n) is 3.71. The number of aromatic nitrogens is 1. The Morgan fingerprint density at radius 2 is 2.04 bits per heavy atom. The molecule has 1 aromatic heterocycles. The molecule has 0 aliphatic heterocycles. The first-order valence-electron chi connectivity index (χ1n) is 8.53. The van der Waals surface area contributed by atoms with Gasteiger partial charge in [0.1, 0.15) is 11.4 Å². The Kier molecular flexibility index (Phi) is 9.77. The Hall–Kier alpha value is -2.16. The number of nitrogens with zero attached hydrogens (tertiary/aromatic N) is 2. The van der Waals surface area contributed by atoms with Crippen LogP contribution in [0.2, 0.25) is 0 Å². The van der Waals surface area contributed by atoms with Gasteiger partial charge in [0.2, 0.25) is 0 Å². The first-order chi connectivity index (χ1) is 12.6. The zero-order valence-corrected chi connectivity index (χ0v) is 17.1. The van der Waals surface area contributed by atoms with Crippen LogP contribution in [0.4, 0.5) is 5.69 Å². The molecular formula is C18H25ClN4O3S. The molecule has 3 N–H and O–H groups in total. The quantitative estimate of drug-likeness (QED) is 0.659. The molecular weight excluding hydrogens is 388 g/mol. The number of rotatable bonds is 9. The van der Waals surface area contributed by atoms with Crippen LogP contribution in [0.25, 0.3) is 0 Å². The Morgan fingerprint density at radius 1 is 1.30 bits per heavy atom. The second kappa shape index (κ2) is 11.5. The minimum atomic E-state index is -0.291. The number of thiazole rings is 1. The van der Waals surface area contributed by atoms with Gasteiger partial charge in [0.05, 0.1) is 5.01 Å². The van der Waals surface area contributed by atoms with E-state index in [4.69, 9.17) is 10.5 Å². The molecule has 0 aliphatic carbocycles. The van der Waals surface area contributed by atoms with E-state index in [1.54, 1.807) is 34.5 Å². The maximum absolute atomic E-state index is 12.3. The van der Waals surface area contributed by atoms with Crippen molar-refractivity contribution < 1.29 is 14.3 Å². The number of anilines is 1. The van der Waals surface area contributed by atoms with E-state index in [1.165, 1.54) is 11.3 Å². The van der Waals surface area contributed by atoms with Crippen molar-refractivity contribution >= 4 is 41.2 Å². The van der Waals surface area contributed by atoms with Crippen LogP contribution in [0, 0.1) is 0 Å². The van der Waals surface area contributed by atoms with Crippen LogP contribution in [-0.4, -0.2) is 47.9 Å². The molecule has 0 saturated heterocycles. The van der Waals surface area contributed by atoms with Gasteiger partial charge in [0, 0.05) is 36.6 Å². The SMILES string of the molecule is CCN(CC)C(=O)COc1cccc(NC(=O)c2csc(CCN)n2)c1.Cl. The lowest BCUT2D eigenvalue weighted by molar-refractivity contribution is -0.132. The van der Waals surface area contributed by atoms with Crippen LogP contribution in [-0.2, 0) is 11.2 Å². The van der Waals surface area contributed by atoms with Gasteiger partial charge in [-0.2, -0.15) is 0 Å². The first-order valence-corrected chi connectivity index (χ1v) is 9.41. The number of benzene rings is 1. The number of likely N-dealkylation sites (N-methyl/N-ethyl adjacent to an activating group) is 1. The van der Waals surface area contributed by atoms with Crippen LogP contribution in [0.15, 0.2) is 29.6 Å². The van der Waals surface area contributed by atoms with Gasteiger partial charge in [-0.05, 0) is 32.5 Å². The largest absolute Gasteiger partial charge is 0.484 e. The minimum absolute atomic E-state index is 0. The Labute approximate surface area is 169 Å². The highest BCUT2D eigenvalue weighted by Gasteiger charge is 2.12. The predicted molar refractivity (Wildman–Crippen MR) is 110 cm³/mol. The summed E-state index contributed by atoms with van der Waals surface area (Å²) in [4.78, 5) is 30.2. The second-order valence-corrected chi connectivity index (χ2v) is 6.44. The minimum Gasteiger partial charge on any atom is -0.484 e. The summed E-state index contributed by atoms with van der Waals surface area (Å²) in [5.41, 5.74) is 6.44. The van der Waals surface area contributed by atoms with E-state index in [1.807, 2.05) is 13.8 Å². The van der Waals surface area contributed by atoms with Gasteiger partial charge < -0.3 is 20.7 Å². The number of carbonyl (C=O) groups excluding carboxylic acids is 2. The van der Waals surface area contributed by atoms with Gasteiger partial charge in [0.15, 0.2) is 6.61 Å². The fraction of sp³-hybridized carbons (Fsp3) is 0.389. The lowest BCUT2D eigenvalue weighted by Crippen LogP contribution is -2.34. The average Bonchev–Trinajstić information content (AvgIpc) is 3.10. The average molecular weight is 413 g/mol. The molecule has 0 unspecified atom stereocenters. The van der Waals surface area contributed by atoms with Gasteiger partial charge in [-0.1, -0.05) is 6.07 Å². The molecule has 0 fully saturated rings. The third-order valence-corrected chi connectivity index (χ3v) is 4.62. The van der Waals surface area contributed by atoms with Gasteiger partial charge in [-0.15, -0.1) is 23.7 Å². The van der Waals surface area contributed by atoms with Gasteiger partial charge in [0.25, 0.3) is 11.8 Å². The normalized spacial score (nSPS) is 10.0. The van der Waals surface area contributed by atoms with Crippen LogP contribution in [0.3, 0.4) is 0 Å². The van der Waals surface area contributed by atoms with Crippen LogP contribution >= 0.6 is 23.7 Å². The smallest absolute Gasteiger partial charge is 0.275 e. The topological polar surface area (TPSA) is 97.5 Å². The molecule has 2 amide bonds. The molecule has 27 heavy (non-hydrogen) atoms. The molecule has 0 radical (unpaired) electrons. The first kappa shape index (κ1) is 22.9. The third kappa shape index (κ3) is 6.82. The van der Waals surface area contributed by atoms with E-state index in [-0.39, 0.29) is 30.8 Å². The van der Waals surface area contributed by atoms with Crippen LogP contribution in [0.1, 0.15) is 29.3 Å². The molecule has 2 aromatic rings. The highest BCUT2D eigenvalue weighted by molar-refractivity contribution is 7.09. The Balaban J connectivity index is 0.00000364. The van der Waals surface area contributed by atoms with Gasteiger partial charge in [-0.25, -0.2) is 4.98 Å². The summed E-state index contributed by atoms with van der Waals surface area (Å²) < 4.78 is 5.55. The van der Waals surface area contributed by atoms with E-state index >= 15 is 0 Å².